The summed E-state index contributed by atoms with van der Waals surface area (Å²) in [6.45, 7) is 3.56. The minimum Gasteiger partial charge on any atom is -0.481 e. The van der Waals surface area contributed by atoms with Crippen molar-refractivity contribution in [1.82, 2.24) is 10.2 Å². The maximum Gasteiger partial charge on any atom is 0.266 e. The van der Waals surface area contributed by atoms with Crippen LogP contribution in [0.5, 0.6) is 5.75 Å². The number of carbonyl (C=O) groups is 1. The number of rotatable bonds is 5. The van der Waals surface area contributed by atoms with Crippen LogP contribution in [-0.4, -0.2) is 22.2 Å². The molecule has 0 saturated heterocycles. The summed E-state index contributed by atoms with van der Waals surface area (Å²) < 4.78 is 5.71. The Hall–Kier alpha value is -2.44. The Labute approximate surface area is 154 Å². The van der Waals surface area contributed by atoms with E-state index in [2.05, 4.69) is 15.5 Å². The molecule has 1 aromatic heterocycles. The fraction of sp³-hybridized carbons (Fsp3) is 0.167. The van der Waals surface area contributed by atoms with Crippen LogP contribution in [0.2, 0.25) is 5.02 Å². The van der Waals surface area contributed by atoms with Crippen molar-refractivity contribution in [3.8, 4) is 16.3 Å². The van der Waals surface area contributed by atoms with Crippen LogP contribution in [-0.2, 0) is 4.79 Å². The first-order chi connectivity index (χ1) is 12.0. The van der Waals surface area contributed by atoms with Gasteiger partial charge in [-0.25, -0.2) is 0 Å². The van der Waals surface area contributed by atoms with Crippen molar-refractivity contribution in [2.45, 2.75) is 20.0 Å². The van der Waals surface area contributed by atoms with E-state index in [1.54, 1.807) is 25.1 Å². The minimum atomic E-state index is -0.677. The lowest BCUT2D eigenvalue weighted by Gasteiger charge is -2.15. The smallest absolute Gasteiger partial charge is 0.266 e. The maximum absolute atomic E-state index is 12.3. The number of amides is 1. The topological polar surface area (TPSA) is 64.1 Å². The van der Waals surface area contributed by atoms with Gasteiger partial charge in [-0.2, -0.15) is 0 Å². The number of anilines is 1. The van der Waals surface area contributed by atoms with Crippen LogP contribution in [0.3, 0.4) is 0 Å². The largest absolute Gasteiger partial charge is 0.481 e. The molecule has 1 unspecified atom stereocenters. The van der Waals surface area contributed by atoms with Crippen LogP contribution in [0.4, 0.5) is 5.13 Å². The van der Waals surface area contributed by atoms with Gasteiger partial charge in [0, 0.05) is 10.6 Å². The lowest BCUT2D eigenvalue weighted by atomic mass is 10.2. The van der Waals surface area contributed by atoms with Crippen molar-refractivity contribution < 1.29 is 9.53 Å². The molecule has 3 aromatic rings. The van der Waals surface area contributed by atoms with Gasteiger partial charge in [0.15, 0.2) is 6.10 Å². The van der Waals surface area contributed by atoms with Gasteiger partial charge in [-0.15, -0.1) is 10.2 Å². The predicted molar refractivity (Wildman–Crippen MR) is 100 cm³/mol. The van der Waals surface area contributed by atoms with Gasteiger partial charge in [0.25, 0.3) is 5.91 Å². The summed E-state index contributed by atoms with van der Waals surface area (Å²) in [5.41, 5.74) is 1.83. The van der Waals surface area contributed by atoms with Crippen molar-refractivity contribution in [3.05, 3.63) is 59.1 Å². The van der Waals surface area contributed by atoms with Crippen molar-refractivity contribution in [2.24, 2.45) is 0 Å². The predicted octanol–water partition coefficient (Wildman–Crippen LogP) is 4.57. The Morgan fingerprint density at radius 2 is 1.96 bits per heavy atom. The van der Waals surface area contributed by atoms with Gasteiger partial charge in [0.1, 0.15) is 10.8 Å². The van der Waals surface area contributed by atoms with Crippen molar-refractivity contribution in [1.29, 1.82) is 0 Å². The molecule has 0 spiro atoms. The summed E-state index contributed by atoms with van der Waals surface area (Å²) in [5.74, 6) is 0.333. The fourth-order valence-electron chi connectivity index (χ4n) is 2.17. The molecule has 1 atom stereocenters. The van der Waals surface area contributed by atoms with Crippen molar-refractivity contribution in [3.63, 3.8) is 0 Å². The molecule has 0 radical (unpaired) electrons. The van der Waals surface area contributed by atoms with E-state index in [-0.39, 0.29) is 5.91 Å². The number of benzene rings is 2. The first kappa shape index (κ1) is 17.4. The number of aromatic nitrogens is 2. The zero-order valence-electron chi connectivity index (χ0n) is 13.7. The Balaban J connectivity index is 1.65. The first-order valence-corrected chi connectivity index (χ1v) is 8.85. The highest BCUT2D eigenvalue weighted by Crippen LogP contribution is 2.26. The Bertz CT molecular complexity index is 883. The quantitative estimate of drug-likeness (QED) is 0.711. The lowest BCUT2D eigenvalue weighted by Crippen LogP contribution is -2.30. The monoisotopic (exact) mass is 373 g/mol. The highest BCUT2D eigenvalue weighted by molar-refractivity contribution is 7.18. The molecule has 7 heteroatoms. The first-order valence-electron chi connectivity index (χ1n) is 7.65. The van der Waals surface area contributed by atoms with E-state index in [1.165, 1.54) is 11.3 Å². The van der Waals surface area contributed by atoms with Crippen LogP contribution in [0.25, 0.3) is 10.6 Å². The van der Waals surface area contributed by atoms with Gasteiger partial charge in [0.2, 0.25) is 5.13 Å². The number of carbonyl (C=O) groups excluding carboxylic acids is 1. The summed E-state index contributed by atoms with van der Waals surface area (Å²) >= 11 is 7.24. The molecule has 0 aliphatic heterocycles. The normalized spacial score (nSPS) is 11.8. The van der Waals surface area contributed by atoms with Crippen LogP contribution < -0.4 is 10.1 Å². The van der Waals surface area contributed by atoms with E-state index in [9.17, 15) is 4.79 Å². The molecule has 0 fully saturated rings. The number of ether oxygens (including phenoxy) is 1. The highest BCUT2D eigenvalue weighted by Gasteiger charge is 2.18. The number of nitrogens with one attached hydrogen (secondary N) is 1. The van der Waals surface area contributed by atoms with Gasteiger partial charge in [0.05, 0.1) is 0 Å². The molecule has 1 amide bonds. The minimum absolute atomic E-state index is 0.287. The molecule has 3 rings (SSSR count). The second kappa shape index (κ2) is 7.63. The number of nitrogens with zero attached hydrogens (tertiary/aromatic N) is 2. The highest BCUT2D eigenvalue weighted by atomic mass is 35.5. The average molecular weight is 374 g/mol. The SMILES string of the molecule is Cc1cc(Cl)ccc1OC(C)C(=O)Nc1nnc(-c2ccccc2)s1. The summed E-state index contributed by atoms with van der Waals surface area (Å²) in [6, 6.07) is 15.0. The second-order valence-corrected chi connectivity index (χ2v) is 6.85. The van der Waals surface area contributed by atoms with E-state index in [0.29, 0.717) is 15.9 Å². The van der Waals surface area contributed by atoms with E-state index in [1.807, 2.05) is 37.3 Å². The molecule has 1 heterocycles. The molecule has 1 N–H and O–H groups in total. The summed E-state index contributed by atoms with van der Waals surface area (Å²) in [6.07, 6.45) is -0.677. The van der Waals surface area contributed by atoms with Gasteiger partial charge < -0.3 is 4.74 Å². The molecular weight excluding hydrogens is 358 g/mol. The molecular formula is C18H16ClN3O2S. The third-order valence-electron chi connectivity index (χ3n) is 3.49. The van der Waals surface area contributed by atoms with Gasteiger partial charge in [-0.05, 0) is 37.6 Å². The van der Waals surface area contributed by atoms with Gasteiger partial charge in [-0.1, -0.05) is 53.3 Å². The summed E-state index contributed by atoms with van der Waals surface area (Å²) in [7, 11) is 0. The molecule has 0 aliphatic carbocycles. The van der Waals surface area contributed by atoms with E-state index in [4.69, 9.17) is 16.3 Å². The molecule has 0 aliphatic rings. The molecule has 2 aromatic carbocycles. The zero-order valence-corrected chi connectivity index (χ0v) is 15.3. The second-order valence-electron chi connectivity index (χ2n) is 5.44. The number of halogens is 1. The molecule has 25 heavy (non-hydrogen) atoms. The van der Waals surface area contributed by atoms with Crippen LogP contribution in [0, 0.1) is 6.92 Å². The maximum atomic E-state index is 12.3. The van der Waals surface area contributed by atoms with E-state index < -0.39 is 6.10 Å². The van der Waals surface area contributed by atoms with Crippen molar-refractivity contribution >= 4 is 34.0 Å². The number of hydrogen-bond acceptors (Lipinski definition) is 5. The zero-order chi connectivity index (χ0) is 17.8. The lowest BCUT2D eigenvalue weighted by molar-refractivity contribution is -0.122. The van der Waals surface area contributed by atoms with Crippen LogP contribution >= 0.6 is 22.9 Å². The Morgan fingerprint density at radius 3 is 2.68 bits per heavy atom. The standard InChI is InChI=1S/C18H16ClN3O2S/c1-11-10-14(19)8-9-15(11)24-12(2)16(23)20-18-22-21-17(25-18)13-6-4-3-5-7-13/h3-10,12H,1-2H3,(H,20,22,23). The molecule has 5 nitrogen and oxygen atoms in total. The number of aryl methyl sites for hydroxylation is 1. The summed E-state index contributed by atoms with van der Waals surface area (Å²) in [5, 5.41) is 12.7. The molecule has 0 saturated carbocycles. The fourth-order valence-corrected chi connectivity index (χ4v) is 3.15. The van der Waals surface area contributed by atoms with Gasteiger partial charge in [-0.3, -0.25) is 10.1 Å². The van der Waals surface area contributed by atoms with Crippen LogP contribution in [0.1, 0.15) is 12.5 Å². The third-order valence-corrected chi connectivity index (χ3v) is 4.61. The van der Waals surface area contributed by atoms with Crippen LogP contribution in [0.15, 0.2) is 48.5 Å². The number of hydrogen-bond donors (Lipinski definition) is 1. The van der Waals surface area contributed by atoms with Gasteiger partial charge >= 0.3 is 0 Å². The average Bonchev–Trinajstić information content (AvgIpc) is 3.06. The van der Waals surface area contributed by atoms with E-state index in [0.717, 1.165) is 16.1 Å². The van der Waals surface area contributed by atoms with E-state index >= 15 is 0 Å². The van der Waals surface area contributed by atoms with Crippen molar-refractivity contribution in [2.75, 3.05) is 5.32 Å². The molecule has 128 valence electrons. The Kier molecular flexibility index (Phi) is 5.31. The Morgan fingerprint density at radius 1 is 1.20 bits per heavy atom. The summed E-state index contributed by atoms with van der Waals surface area (Å²) in [4.78, 5) is 12.3. The molecule has 0 bridgehead atoms. The third kappa shape index (κ3) is 4.35.